The van der Waals surface area contributed by atoms with Crippen LogP contribution in [0.5, 0.6) is 0 Å². The Morgan fingerprint density at radius 1 is 1.58 bits per heavy atom. The van der Waals surface area contributed by atoms with E-state index in [1.807, 2.05) is 13.8 Å². The van der Waals surface area contributed by atoms with Crippen LogP contribution in [-0.4, -0.2) is 24.0 Å². The Hall–Kier alpha value is -0.840. The number of hydrogen-bond donors (Lipinski definition) is 1. The SMILES string of the molecule is CCOC(=O)NC(=S)OC(C)C. The average molecular weight is 191 g/mol. The van der Waals surface area contributed by atoms with Gasteiger partial charge in [0.1, 0.15) is 0 Å². The van der Waals surface area contributed by atoms with Gasteiger partial charge in [-0.05, 0) is 33.0 Å². The molecule has 0 radical (unpaired) electrons. The van der Waals surface area contributed by atoms with Crippen LogP contribution in [0.1, 0.15) is 20.8 Å². The molecule has 4 nitrogen and oxygen atoms in total. The lowest BCUT2D eigenvalue weighted by molar-refractivity contribution is 0.152. The minimum Gasteiger partial charge on any atom is -0.468 e. The molecule has 1 N–H and O–H groups in total. The highest BCUT2D eigenvalue weighted by Gasteiger charge is 2.05. The molecule has 70 valence electrons. The monoisotopic (exact) mass is 191 g/mol. The van der Waals surface area contributed by atoms with Gasteiger partial charge in [0.15, 0.2) is 0 Å². The van der Waals surface area contributed by atoms with Crippen molar-refractivity contribution in [3.05, 3.63) is 0 Å². The molecular weight excluding hydrogens is 178 g/mol. The number of ether oxygens (including phenoxy) is 2. The molecule has 0 rings (SSSR count). The molecule has 0 unspecified atom stereocenters. The molecule has 0 saturated heterocycles. The van der Waals surface area contributed by atoms with Gasteiger partial charge in [0, 0.05) is 0 Å². The third-order valence-electron chi connectivity index (χ3n) is 0.822. The molecule has 0 atom stereocenters. The van der Waals surface area contributed by atoms with Crippen molar-refractivity contribution in [2.24, 2.45) is 0 Å². The summed E-state index contributed by atoms with van der Waals surface area (Å²) in [5, 5.41) is 2.31. The van der Waals surface area contributed by atoms with Crippen molar-refractivity contribution in [3.8, 4) is 0 Å². The Morgan fingerprint density at radius 2 is 2.17 bits per heavy atom. The Labute approximate surface area is 77.2 Å². The van der Waals surface area contributed by atoms with Crippen LogP contribution in [0.3, 0.4) is 0 Å². The summed E-state index contributed by atoms with van der Waals surface area (Å²) in [7, 11) is 0. The second-order valence-electron chi connectivity index (χ2n) is 2.30. The molecule has 0 fully saturated rings. The van der Waals surface area contributed by atoms with Crippen LogP contribution < -0.4 is 5.32 Å². The molecule has 0 aromatic rings. The summed E-state index contributed by atoms with van der Waals surface area (Å²) < 4.78 is 9.56. The number of rotatable bonds is 2. The lowest BCUT2D eigenvalue weighted by Crippen LogP contribution is -2.32. The molecule has 0 saturated carbocycles. The zero-order valence-corrected chi connectivity index (χ0v) is 8.23. The zero-order chi connectivity index (χ0) is 9.56. The van der Waals surface area contributed by atoms with Crippen LogP contribution >= 0.6 is 12.2 Å². The summed E-state index contributed by atoms with van der Waals surface area (Å²) in [5.74, 6) is 0. The summed E-state index contributed by atoms with van der Waals surface area (Å²) in [6.07, 6.45) is -0.623. The maximum absolute atomic E-state index is 10.7. The zero-order valence-electron chi connectivity index (χ0n) is 7.42. The first-order valence-corrected chi connectivity index (χ1v) is 4.11. The van der Waals surface area contributed by atoms with Crippen LogP contribution in [0.4, 0.5) is 4.79 Å². The van der Waals surface area contributed by atoms with Crippen molar-refractivity contribution >= 4 is 23.5 Å². The minimum absolute atomic E-state index is 0.0422. The largest absolute Gasteiger partial charge is 0.468 e. The summed E-state index contributed by atoms with van der Waals surface area (Å²) in [4.78, 5) is 10.7. The predicted molar refractivity (Wildman–Crippen MR) is 49.0 cm³/mol. The first-order chi connectivity index (χ1) is 5.56. The van der Waals surface area contributed by atoms with E-state index in [2.05, 4.69) is 22.3 Å². The van der Waals surface area contributed by atoms with Crippen molar-refractivity contribution in [2.45, 2.75) is 26.9 Å². The Balaban J connectivity index is 3.62. The fourth-order valence-electron chi connectivity index (χ4n) is 0.494. The van der Waals surface area contributed by atoms with E-state index in [4.69, 9.17) is 4.74 Å². The van der Waals surface area contributed by atoms with Gasteiger partial charge in [-0.2, -0.15) is 0 Å². The fraction of sp³-hybridized carbons (Fsp3) is 0.714. The number of nitrogens with one attached hydrogen (secondary N) is 1. The quantitative estimate of drug-likeness (QED) is 0.671. The maximum atomic E-state index is 10.7. The van der Waals surface area contributed by atoms with Crippen LogP contribution in [0.2, 0.25) is 0 Å². The number of carbonyl (C=O) groups is 1. The molecule has 0 heterocycles. The lowest BCUT2D eigenvalue weighted by atomic mass is 10.5. The molecule has 0 aliphatic rings. The van der Waals surface area contributed by atoms with Crippen LogP contribution in [0, 0.1) is 0 Å². The topological polar surface area (TPSA) is 47.6 Å². The van der Waals surface area contributed by atoms with Gasteiger partial charge in [0.2, 0.25) is 0 Å². The summed E-state index contributed by atoms with van der Waals surface area (Å²) >= 11 is 4.69. The molecule has 5 heteroatoms. The highest BCUT2D eigenvalue weighted by Crippen LogP contribution is 1.89. The number of alkyl carbamates (subject to hydrolysis) is 1. The lowest BCUT2D eigenvalue weighted by Gasteiger charge is -2.10. The van der Waals surface area contributed by atoms with E-state index >= 15 is 0 Å². The molecule has 1 amide bonds. The first-order valence-electron chi connectivity index (χ1n) is 3.70. The molecule has 0 aromatic heterocycles. The van der Waals surface area contributed by atoms with Gasteiger partial charge >= 0.3 is 6.09 Å². The highest BCUT2D eigenvalue weighted by molar-refractivity contribution is 7.80. The van der Waals surface area contributed by atoms with Crippen molar-refractivity contribution in [2.75, 3.05) is 6.61 Å². The molecule has 0 bridgehead atoms. The smallest absolute Gasteiger partial charge is 0.414 e. The predicted octanol–water partition coefficient (Wildman–Crippen LogP) is 1.44. The van der Waals surface area contributed by atoms with Crippen molar-refractivity contribution in [1.29, 1.82) is 0 Å². The second-order valence-corrected chi connectivity index (χ2v) is 2.67. The van der Waals surface area contributed by atoms with Gasteiger partial charge in [0.05, 0.1) is 12.7 Å². The number of amides is 1. The molecule has 0 aromatic carbocycles. The number of hydrogen-bond acceptors (Lipinski definition) is 4. The van der Waals surface area contributed by atoms with Crippen LogP contribution in [0.25, 0.3) is 0 Å². The third kappa shape index (κ3) is 5.91. The normalized spacial score (nSPS) is 9.33. The summed E-state index contributed by atoms with van der Waals surface area (Å²) in [6, 6.07) is 0. The van der Waals surface area contributed by atoms with E-state index in [9.17, 15) is 4.79 Å². The van der Waals surface area contributed by atoms with Crippen molar-refractivity contribution < 1.29 is 14.3 Å². The Bertz CT molecular complexity index is 170. The van der Waals surface area contributed by atoms with E-state index in [0.29, 0.717) is 6.61 Å². The van der Waals surface area contributed by atoms with Gasteiger partial charge in [-0.1, -0.05) is 0 Å². The van der Waals surface area contributed by atoms with E-state index < -0.39 is 6.09 Å². The number of thiocarbonyl (C=S) groups is 1. The van der Waals surface area contributed by atoms with Gasteiger partial charge < -0.3 is 9.47 Å². The molecule has 0 aliphatic carbocycles. The maximum Gasteiger partial charge on any atom is 0.414 e. The molecular formula is C7H13NO3S. The van der Waals surface area contributed by atoms with Crippen LogP contribution in [0.15, 0.2) is 0 Å². The summed E-state index contributed by atoms with van der Waals surface area (Å²) in [5.41, 5.74) is 0. The first kappa shape index (κ1) is 11.2. The van der Waals surface area contributed by atoms with Gasteiger partial charge in [-0.3, -0.25) is 5.32 Å². The minimum atomic E-state index is -0.580. The van der Waals surface area contributed by atoms with E-state index in [1.54, 1.807) is 6.92 Å². The summed E-state index contributed by atoms with van der Waals surface area (Å²) in [6.45, 7) is 5.67. The molecule has 0 aliphatic heterocycles. The third-order valence-corrected chi connectivity index (χ3v) is 1.02. The Morgan fingerprint density at radius 3 is 2.58 bits per heavy atom. The highest BCUT2D eigenvalue weighted by atomic mass is 32.1. The van der Waals surface area contributed by atoms with E-state index in [0.717, 1.165) is 0 Å². The fourth-order valence-corrected chi connectivity index (χ4v) is 0.770. The van der Waals surface area contributed by atoms with Gasteiger partial charge in [0.25, 0.3) is 5.17 Å². The van der Waals surface area contributed by atoms with Crippen molar-refractivity contribution in [1.82, 2.24) is 5.32 Å². The molecule has 12 heavy (non-hydrogen) atoms. The van der Waals surface area contributed by atoms with Gasteiger partial charge in [-0.15, -0.1) is 0 Å². The second kappa shape index (κ2) is 5.77. The Kier molecular flexibility index (Phi) is 5.36. The van der Waals surface area contributed by atoms with Crippen molar-refractivity contribution in [3.63, 3.8) is 0 Å². The van der Waals surface area contributed by atoms with Crippen LogP contribution in [-0.2, 0) is 9.47 Å². The van der Waals surface area contributed by atoms with Gasteiger partial charge in [-0.25, -0.2) is 4.79 Å². The van der Waals surface area contributed by atoms with E-state index in [1.165, 1.54) is 0 Å². The van der Waals surface area contributed by atoms with E-state index in [-0.39, 0.29) is 11.3 Å². The standard InChI is InChI=1S/C7H13NO3S/c1-4-10-6(9)8-7(12)11-5(2)3/h5H,4H2,1-3H3,(H,8,9,12). The average Bonchev–Trinajstić information content (AvgIpc) is 1.84. The number of carbonyl (C=O) groups excluding carboxylic acids is 1. The molecule has 0 spiro atoms.